The Balaban J connectivity index is 1.37. The quantitative estimate of drug-likeness (QED) is 0.167. The number of hydrogen-bond acceptors (Lipinski definition) is 5. The molecule has 0 aliphatic carbocycles. The fourth-order valence-electron chi connectivity index (χ4n) is 6.93. The molecule has 1 atom stereocenters. The van der Waals surface area contributed by atoms with Crippen LogP contribution in [0.25, 0.3) is 22.2 Å². The van der Waals surface area contributed by atoms with Crippen LogP contribution in [0, 0.1) is 5.82 Å². The van der Waals surface area contributed by atoms with Gasteiger partial charge in [0, 0.05) is 23.2 Å². The van der Waals surface area contributed by atoms with Crippen LogP contribution < -0.4 is 11.1 Å². The molecule has 1 aliphatic rings. The van der Waals surface area contributed by atoms with Crippen molar-refractivity contribution in [2.75, 3.05) is 18.4 Å². The zero-order valence-electron chi connectivity index (χ0n) is 28.8. The number of hydrogen-bond donors (Lipinski definition) is 2. The summed E-state index contributed by atoms with van der Waals surface area (Å²) in [5.74, 6) is -0.760. The molecule has 51 heavy (non-hydrogen) atoms. The molecule has 2 heterocycles. The molecule has 7 rings (SSSR count). The number of rotatable bonds is 7. The molecule has 1 aromatic heterocycles. The van der Waals surface area contributed by atoms with Gasteiger partial charge in [-0.05, 0) is 86.3 Å². The number of anilines is 1. The van der Waals surface area contributed by atoms with Crippen LogP contribution in [0.15, 0.2) is 133 Å². The minimum atomic E-state index is -1.31. The van der Waals surface area contributed by atoms with Crippen molar-refractivity contribution in [2.24, 2.45) is 5.73 Å². The van der Waals surface area contributed by atoms with Crippen molar-refractivity contribution in [3.8, 4) is 11.3 Å². The first-order chi connectivity index (χ1) is 24.5. The molecular formula is C42H40FN5O3. The van der Waals surface area contributed by atoms with E-state index < -0.39 is 28.7 Å². The Hall–Kier alpha value is -5.80. The largest absolute Gasteiger partial charge is 0.444 e. The number of nitrogens with one attached hydrogen (secondary N) is 1. The SMILES string of the molecule is CC(C)(C)OC(=O)N1CCC(N)(C(=O)Nc2ccc3c(c2)c(-c2ccc(F)cc2)nn3C(c2ccccc2)(c2ccccc2)c2ccccc2)C1. The summed E-state index contributed by atoms with van der Waals surface area (Å²) in [5.41, 5.74) is 9.37. The molecule has 2 amide bonds. The maximum Gasteiger partial charge on any atom is 0.410 e. The van der Waals surface area contributed by atoms with Crippen molar-refractivity contribution in [1.29, 1.82) is 0 Å². The van der Waals surface area contributed by atoms with Gasteiger partial charge in [0.15, 0.2) is 0 Å². The zero-order chi connectivity index (χ0) is 35.8. The van der Waals surface area contributed by atoms with Crippen LogP contribution in [0.2, 0.25) is 0 Å². The average molecular weight is 682 g/mol. The van der Waals surface area contributed by atoms with Crippen molar-refractivity contribution in [3.63, 3.8) is 0 Å². The Kier molecular flexibility index (Phi) is 8.69. The van der Waals surface area contributed by atoms with Crippen molar-refractivity contribution in [2.45, 2.75) is 43.9 Å². The van der Waals surface area contributed by atoms with Gasteiger partial charge < -0.3 is 20.7 Å². The number of amides is 2. The van der Waals surface area contributed by atoms with Gasteiger partial charge in [0.25, 0.3) is 0 Å². The number of nitrogens with two attached hydrogens (primary N) is 1. The predicted molar refractivity (Wildman–Crippen MR) is 198 cm³/mol. The van der Waals surface area contributed by atoms with Gasteiger partial charge in [-0.1, -0.05) is 91.0 Å². The van der Waals surface area contributed by atoms with Crippen LogP contribution in [0.1, 0.15) is 43.9 Å². The Morgan fingerprint density at radius 3 is 1.88 bits per heavy atom. The second kappa shape index (κ2) is 13.2. The third kappa shape index (κ3) is 6.37. The number of carbonyl (C=O) groups excluding carboxylic acids is 2. The predicted octanol–water partition coefficient (Wildman–Crippen LogP) is 7.96. The third-order valence-electron chi connectivity index (χ3n) is 9.35. The molecule has 1 fully saturated rings. The first-order valence-corrected chi connectivity index (χ1v) is 17.0. The van der Waals surface area contributed by atoms with Crippen molar-refractivity contribution in [3.05, 3.63) is 156 Å². The summed E-state index contributed by atoms with van der Waals surface area (Å²) in [6.45, 7) is 5.73. The topological polar surface area (TPSA) is 102 Å². The monoisotopic (exact) mass is 681 g/mol. The average Bonchev–Trinajstić information content (AvgIpc) is 3.72. The maximum atomic E-state index is 14.2. The van der Waals surface area contributed by atoms with Gasteiger partial charge in [-0.2, -0.15) is 5.10 Å². The smallest absolute Gasteiger partial charge is 0.410 e. The molecular weight excluding hydrogens is 641 g/mol. The molecule has 0 spiro atoms. The van der Waals surface area contributed by atoms with Crippen LogP contribution in [0.4, 0.5) is 14.9 Å². The van der Waals surface area contributed by atoms with E-state index in [1.807, 2.05) is 77.5 Å². The molecule has 8 nitrogen and oxygen atoms in total. The van der Waals surface area contributed by atoms with E-state index in [1.54, 1.807) is 32.9 Å². The zero-order valence-corrected chi connectivity index (χ0v) is 28.8. The summed E-state index contributed by atoms with van der Waals surface area (Å²) < 4.78 is 21.8. The van der Waals surface area contributed by atoms with Gasteiger partial charge in [0.1, 0.15) is 28.2 Å². The van der Waals surface area contributed by atoms with E-state index in [1.165, 1.54) is 17.0 Å². The number of nitrogens with zero attached hydrogens (tertiary/aromatic N) is 3. The molecule has 6 aromatic rings. The third-order valence-corrected chi connectivity index (χ3v) is 9.35. The Morgan fingerprint density at radius 1 is 0.804 bits per heavy atom. The Labute approximate surface area is 296 Å². The lowest BCUT2D eigenvalue weighted by Gasteiger charge is -2.37. The first-order valence-electron chi connectivity index (χ1n) is 17.0. The molecule has 258 valence electrons. The summed E-state index contributed by atoms with van der Waals surface area (Å²) in [4.78, 5) is 28.0. The van der Waals surface area contributed by atoms with Crippen LogP contribution in [0.5, 0.6) is 0 Å². The number of ether oxygens (including phenoxy) is 1. The minimum Gasteiger partial charge on any atom is -0.444 e. The molecule has 3 N–H and O–H groups in total. The van der Waals surface area contributed by atoms with Crippen molar-refractivity contribution >= 4 is 28.6 Å². The van der Waals surface area contributed by atoms with Gasteiger partial charge in [-0.3, -0.25) is 4.79 Å². The fourth-order valence-corrected chi connectivity index (χ4v) is 6.93. The van der Waals surface area contributed by atoms with Crippen LogP contribution in [-0.2, 0) is 15.1 Å². The molecule has 0 saturated carbocycles. The van der Waals surface area contributed by atoms with Gasteiger partial charge in [0.05, 0.1) is 12.1 Å². The van der Waals surface area contributed by atoms with E-state index in [-0.39, 0.29) is 18.8 Å². The summed E-state index contributed by atoms with van der Waals surface area (Å²) in [7, 11) is 0. The summed E-state index contributed by atoms with van der Waals surface area (Å²) >= 11 is 0. The number of aromatic nitrogens is 2. The van der Waals surface area contributed by atoms with Crippen LogP contribution >= 0.6 is 0 Å². The second-order valence-electron chi connectivity index (χ2n) is 14.1. The van der Waals surface area contributed by atoms with E-state index in [0.29, 0.717) is 23.5 Å². The van der Waals surface area contributed by atoms with Gasteiger partial charge in [0.2, 0.25) is 5.91 Å². The molecule has 1 unspecified atom stereocenters. The standard InChI is InChI=1S/C42H40FN5O3/c1-40(2,3)51-39(50)47-26-25-41(44,28-47)38(49)45-34-23-24-36-35(27-34)37(29-19-21-33(43)22-20-29)46-48(36)42(30-13-7-4-8-14-30,31-15-9-5-10-16-31)32-17-11-6-12-18-32/h4-24,27H,25-26,28,44H2,1-3H3,(H,45,49). The fraction of sp³-hybridized carbons (Fsp3) is 0.214. The van der Waals surface area contributed by atoms with Crippen LogP contribution in [0.3, 0.4) is 0 Å². The lowest BCUT2D eigenvalue weighted by Crippen LogP contribution is -2.53. The van der Waals surface area contributed by atoms with E-state index in [2.05, 4.69) is 41.7 Å². The van der Waals surface area contributed by atoms with E-state index in [0.717, 1.165) is 27.6 Å². The maximum absolute atomic E-state index is 14.2. The highest BCUT2D eigenvalue weighted by atomic mass is 19.1. The highest BCUT2D eigenvalue weighted by molar-refractivity contribution is 6.02. The molecule has 1 saturated heterocycles. The summed E-state index contributed by atoms with van der Waals surface area (Å²) in [6.07, 6.45) is -0.216. The number of fused-ring (bicyclic) bond motifs is 1. The molecule has 0 radical (unpaired) electrons. The minimum absolute atomic E-state index is 0.0303. The number of halogens is 1. The lowest BCUT2D eigenvalue weighted by atomic mass is 9.77. The summed E-state index contributed by atoms with van der Waals surface area (Å²) in [6, 6.07) is 42.6. The Morgan fingerprint density at radius 2 is 1.35 bits per heavy atom. The Bertz CT molecular complexity index is 2080. The molecule has 0 bridgehead atoms. The highest BCUT2D eigenvalue weighted by Crippen LogP contribution is 2.44. The summed E-state index contributed by atoms with van der Waals surface area (Å²) in [5, 5.41) is 9.12. The van der Waals surface area contributed by atoms with Crippen LogP contribution in [-0.4, -0.2) is 50.9 Å². The van der Waals surface area contributed by atoms with Gasteiger partial charge in [-0.25, -0.2) is 13.9 Å². The molecule has 9 heteroatoms. The van der Waals surface area contributed by atoms with E-state index in [9.17, 15) is 14.0 Å². The molecule has 5 aromatic carbocycles. The van der Waals surface area contributed by atoms with E-state index in [4.69, 9.17) is 15.6 Å². The van der Waals surface area contributed by atoms with E-state index >= 15 is 0 Å². The number of benzene rings is 5. The van der Waals surface area contributed by atoms with Gasteiger partial charge in [-0.15, -0.1) is 0 Å². The highest BCUT2D eigenvalue weighted by Gasteiger charge is 2.44. The molecule has 1 aliphatic heterocycles. The van der Waals surface area contributed by atoms with Crippen molar-refractivity contribution < 1.29 is 18.7 Å². The first kappa shape index (κ1) is 33.7. The number of carbonyl (C=O) groups is 2. The van der Waals surface area contributed by atoms with Crippen molar-refractivity contribution in [1.82, 2.24) is 14.7 Å². The lowest BCUT2D eigenvalue weighted by molar-refractivity contribution is -0.120. The van der Waals surface area contributed by atoms with Gasteiger partial charge >= 0.3 is 6.09 Å². The number of likely N-dealkylation sites (tertiary alicyclic amines) is 1. The second-order valence-corrected chi connectivity index (χ2v) is 14.1. The normalized spacial score (nSPS) is 16.3.